The molecule has 1 saturated heterocycles. The van der Waals surface area contributed by atoms with Gasteiger partial charge in [0, 0.05) is 19.3 Å². The quantitative estimate of drug-likeness (QED) is 0.912. The van der Waals surface area contributed by atoms with Crippen molar-refractivity contribution in [1.82, 2.24) is 4.90 Å². The molecule has 0 radical (unpaired) electrons. The molecule has 0 aromatic heterocycles. The lowest BCUT2D eigenvalue weighted by atomic mass is 9.92. The van der Waals surface area contributed by atoms with Crippen molar-refractivity contribution in [2.45, 2.75) is 25.8 Å². The molecule has 1 N–H and O–H groups in total. The van der Waals surface area contributed by atoms with Crippen molar-refractivity contribution >= 4 is 17.7 Å². The number of rotatable bonds is 2. The maximum Gasteiger partial charge on any atom is 0.326 e. The molecular weight excluding hydrogens is 275 g/mol. The van der Waals surface area contributed by atoms with Crippen molar-refractivity contribution in [3.05, 3.63) is 30.1 Å². The molecule has 1 aromatic carbocycles. The summed E-state index contributed by atoms with van der Waals surface area (Å²) in [5, 5.41) is 9.30. The van der Waals surface area contributed by atoms with Crippen LogP contribution in [0.1, 0.15) is 19.8 Å². The summed E-state index contributed by atoms with van der Waals surface area (Å²) in [7, 11) is 1.52. The fourth-order valence-electron chi connectivity index (χ4n) is 2.59. The number of urea groups is 1. The second-order valence-electron chi connectivity index (χ2n) is 5.50. The Hall–Kier alpha value is -2.11. The number of piperidine rings is 1. The van der Waals surface area contributed by atoms with Crippen molar-refractivity contribution in [2.75, 3.05) is 18.5 Å². The van der Waals surface area contributed by atoms with E-state index in [-0.39, 0.29) is 5.92 Å². The Kier molecular flexibility index (Phi) is 4.45. The van der Waals surface area contributed by atoms with Crippen molar-refractivity contribution in [3.63, 3.8) is 0 Å². The number of amides is 2. The Balaban J connectivity index is 2.19. The number of hydrogen-bond donors (Lipinski definition) is 1. The molecule has 5 nitrogen and oxygen atoms in total. The van der Waals surface area contributed by atoms with E-state index in [4.69, 9.17) is 0 Å². The third-order valence-corrected chi connectivity index (χ3v) is 3.88. The minimum absolute atomic E-state index is 0.273. The third kappa shape index (κ3) is 3.32. The molecule has 1 aliphatic heterocycles. The summed E-state index contributed by atoms with van der Waals surface area (Å²) in [6, 6.07) is 4.44. The Morgan fingerprint density at radius 2 is 2.14 bits per heavy atom. The van der Waals surface area contributed by atoms with Crippen molar-refractivity contribution in [3.8, 4) is 0 Å². The summed E-state index contributed by atoms with van der Waals surface area (Å²) in [5.41, 5.74) is 0.405. The fourth-order valence-corrected chi connectivity index (χ4v) is 2.59. The van der Waals surface area contributed by atoms with E-state index < -0.39 is 23.9 Å². The largest absolute Gasteiger partial charge is 0.480 e. The van der Waals surface area contributed by atoms with Gasteiger partial charge in [-0.1, -0.05) is 13.0 Å². The van der Waals surface area contributed by atoms with Crippen LogP contribution in [-0.2, 0) is 4.79 Å². The van der Waals surface area contributed by atoms with Crippen LogP contribution in [0.15, 0.2) is 24.3 Å². The van der Waals surface area contributed by atoms with Crippen LogP contribution in [0.4, 0.5) is 14.9 Å². The molecule has 0 bridgehead atoms. The number of hydrogen-bond acceptors (Lipinski definition) is 2. The average Bonchev–Trinajstić information content (AvgIpc) is 2.45. The molecule has 2 unspecified atom stereocenters. The van der Waals surface area contributed by atoms with Crippen molar-refractivity contribution < 1.29 is 19.1 Å². The van der Waals surface area contributed by atoms with Gasteiger partial charge in [-0.2, -0.15) is 0 Å². The fraction of sp³-hybridized carbons (Fsp3) is 0.467. The second kappa shape index (κ2) is 6.11. The topological polar surface area (TPSA) is 60.9 Å². The van der Waals surface area contributed by atoms with Gasteiger partial charge in [-0.05, 0) is 37.0 Å². The van der Waals surface area contributed by atoms with Gasteiger partial charge in [-0.25, -0.2) is 14.0 Å². The zero-order valence-electron chi connectivity index (χ0n) is 12.1. The van der Waals surface area contributed by atoms with E-state index in [9.17, 15) is 19.1 Å². The van der Waals surface area contributed by atoms with Gasteiger partial charge in [0.15, 0.2) is 0 Å². The maximum absolute atomic E-state index is 13.2. The summed E-state index contributed by atoms with van der Waals surface area (Å²) in [6.07, 6.45) is 1.21. The molecular formula is C15H19FN2O3. The molecule has 1 heterocycles. The molecule has 0 aliphatic carbocycles. The molecule has 21 heavy (non-hydrogen) atoms. The van der Waals surface area contributed by atoms with Crippen molar-refractivity contribution in [2.24, 2.45) is 5.92 Å². The van der Waals surface area contributed by atoms with E-state index in [1.165, 1.54) is 35.0 Å². The molecule has 2 atom stereocenters. The highest BCUT2D eigenvalue weighted by Gasteiger charge is 2.36. The number of anilines is 1. The monoisotopic (exact) mass is 294 g/mol. The van der Waals surface area contributed by atoms with Gasteiger partial charge in [-0.15, -0.1) is 0 Å². The van der Waals surface area contributed by atoms with Gasteiger partial charge in [0.2, 0.25) is 0 Å². The number of likely N-dealkylation sites (tertiary alicyclic amines) is 1. The smallest absolute Gasteiger partial charge is 0.326 e. The first-order valence-corrected chi connectivity index (χ1v) is 6.93. The van der Waals surface area contributed by atoms with Gasteiger partial charge in [-0.3, -0.25) is 4.90 Å². The van der Waals surface area contributed by atoms with Crippen LogP contribution in [-0.4, -0.2) is 41.6 Å². The van der Waals surface area contributed by atoms with Crippen LogP contribution in [0.3, 0.4) is 0 Å². The van der Waals surface area contributed by atoms with Gasteiger partial charge in [0.05, 0.1) is 0 Å². The Labute approximate surface area is 123 Å². The van der Waals surface area contributed by atoms with E-state index in [0.717, 1.165) is 6.42 Å². The van der Waals surface area contributed by atoms with Gasteiger partial charge < -0.3 is 10.0 Å². The number of aliphatic carboxylic acids is 1. The van der Waals surface area contributed by atoms with E-state index in [1.807, 2.05) is 6.92 Å². The zero-order chi connectivity index (χ0) is 15.6. The SMILES string of the molecule is CC1CCN(C(=O)N(C)c2cccc(F)c2)C(C(=O)O)C1. The predicted molar refractivity (Wildman–Crippen MR) is 76.7 cm³/mol. The van der Waals surface area contributed by atoms with E-state index >= 15 is 0 Å². The number of carboxylic acids is 1. The Morgan fingerprint density at radius 3 is 2.76 bits per heavy atom. The van der Waals surface area contributed by atoms with Crippen LogP contribution < -0.4 is 4.90 Å². The lowest BCUT2D eigenvalue weighted by Crippen LogP contribution is -2.53. The summed E-state index contributed by atoms with van der Waals surface area (Å²) >= 11 is 0. The van der Waals surface area contributed by atoms with Crippen molar-refractivity contribution in [1.29, 1.82) is 0 Å². The zero-order valence-corrected chi connectivity index (χ0v) is 12.1. The van der Waals surface area contributed by atoms with Gasteiger partial charge >= 0.3 is 12.0 Å². The summed E-state index contributed by atoms with van der Waals surface area (Å²) in [5.74, 6) is -1.16. The minimum Gasteiger partial charge on any atom is -0.480 e. The minimum atomic E-state index is -0.998. The molecule has 1 fully saturated rings. The number of carbonyl (C=O) groups excluding carboxylic acids is 1. The number of halogens is 1. The Bertz CT molecular complexity index is 549. The number of carbonyl (C=O) groups is 2. The first kappa shape index (κ1) is 15.3. The molecule has 114 valence electrons. The van der Waals surface area contributed by atoms with E-state index in [0.29, 0.717) is 18.7 Å². The first-order valence-electron chi connectivity index (χ1n) is 6.93. The van der Waals surface area contributed by atoms with Crippen LogP contribution >= 0.6 is 0 Å². The maximum atomic E-state index is 13.2. The number of carboxylic acid groups (broad SMARTS) is 1. The van der Waals surface area contributed by atoms with E-state index in [2.05, 4.69) is 0 Å². The average molecular weight is 294 g/mol. The second-order valence-corrected chi connectivity index (χ2v) is 5.50. The molecule has 6 heteroatoms. The molecule has 0 saturated carbocycles. The summed E-state index contributed by atoms with van der Waals surface area (Å²) in [6.45, 7) is 2.38. The highest BCUT2D eigenvalue weighted by molar-refractivity contribution is 5.94. The summed E-state index contributed by atoms with van der Waals surface area (Å²) < 4.78 is 13.2. The highest BCUT2D eigenvalue weighted by Crippen LogP contribution is 2.25. The molecule has 1 aliphatic rings. The van der Waals surface area contributed by atoms with E-state index in [1.54, 1.807) is 6.07 Å². The van der Waals surface area contributed by atoms with Gasteiger partial charge in [0.25, 0.3) is 0 Å². The predicted octanol–water partition coefficient (Wildman–Crippen LogP) is 2.57. The van der Waals surface area contributed by atoms with Gasteiger partial charge in [0.1, 0.15) is 11.9 Å². The first-order chi connectivity index (χ1) is 9.90. The van der Waals surface area contributed by atoms with Crippen LogP contribution in [0.5, 0.6) is 0 Å². The molecule has 1 aromatic rings. The number of benzene rings is 1. The Morgan fingerprint density at radius 1 is 1.43 bits per heavy atom. The molecule has 0 spiro atoms. The molecule has 2 rings (SSSR count). The third-order valence-electron chi connectivity index (χ3n) is 3.88. The number of nitrogens with zero attached hydrogens (tertiary/aromatic N) is 2. The highest BCUT2D eigenvalue weighted by atomic mass is 19.1. The molecule has 2 amide bonds. The standard InChI is InChI=1S/C15H19FN2O3/c1-10-6-7-18(13(8-10)14(19)20)15(21)17(2)12-5-3-4-11(16)9-12/h3-5,9-10,13H,6-8H2,1-2H3,(H,19,20). The lowest BCUT2D eigenvalue weighted by molar-refractivity contribution is -0.143. The van der Waals surface area contributed by atoms with Crippen LogP contribution in [0.25, 0.3) is 0 Å². The summed E-state index contributed by atoms with van der Waals surface area (Å²) in [4.78, 5) is 26.5. The van der Waals surface area contributed by atoms with Crippen LogP contribution in [0, 0.1) is 11.7 Å². The lowest BCUT2D eigenvalue weighted by Gasteiger charge is -2.38. The van der Waals surface area contributed by atoms with Crippen LogP contribution in [0.2, 0.25) is 0 Å². The normalized spacial score (nSPS) is 22.0.